The molecule has 0 spiro atoms. The van der Waals surface area contributed by atoms with E-state index < -0.39 is 5.60 Å². The third-order valence-electron chi connectivity index (χ3n) is 4.25. The molecule has 0 atom stereocenters. The number of alkyl carbamates (subject to hydrolysis) is 1. The second-order valence-corrected chi connectivity index (χ2v) is 7.20. The van der Waals surface area contributed by atoms with Crippen molar-refractivity contribution in [2.45, 2.75) is 84.2 Å². The first-order valence-corrected chi connectivity index (χ1v) is 8.13. The van der Waals surface area contributed by atoms with Crippen molar-refractivity contribution >= 4 is 6.09 Å². The lowest BCUT2D eigenvalue weighted by Gasteiger charge is -2.36. The second-order valence-electron chi connectivity index (χ2n) is 7.20. The molecule has 117 valence electrons. The van der Waals surface area contributed by atoms with Crippen LogP contribution in [-0.4, -0.2) is 18.2 Å². The molecule has 0 aliphatic heterocycles. The third kappa shape index (κ3) is 6.62. The van der Waals surface area contributed by atoms with Crippen LogP contribution in [0.25, 0.3) is 0 Å². The molecule has 0 unspecified atom stereocenters. The molecule has 1 aliphatic rings. The highest BCUT2D eigenvalue weighted by atomic mass is 16.6. The van der Waals surface area contributed by atoms with Crippen LogP contribution in [0.5, 0.6) is 0 Å². The van der Waals surface area contributed by atoms with E-state index in [4.69, 9.17) is 4.74 Å². The first kappa shape index (κ1) is 17.3. The van der Waals surface area contributed by atoms with E-state index in [1.165, 1.54) is 44.9 Å². The summed E-state index contributed by atoms with van der Waals surface area (Å²) in [6.45, 7) is 10.5. The zero-order valence-electron chi connectivity index (χ0n) is 13.6. The average Bonchev–Trinajstić information content (AvgIpc) is 2.37. The molecule has 1 amide bonds. The van der Waals surface area contributed by atoms with Gasteiger partial charge in [-0.1, -0.05) is 32.6 Å². The largest absolute Gasteiger partial charge is 0.444 e. The van der Waals surface area contributed by atoms with Gasteiger partial charge >= 0.3 is 6.09 Å². The van der Waals surface area contributed by atoms with Crippen LogP contribution >= 0.6 is 0 Å². The maximum absolute atomic E-state index is 11.5. The molecule has 0 heterocycles. The van der Waals surface area contributed by atoms with Gasteiger partial charge in [-0.15, -0.1) is 0 Å². The number of carbonyl (C=O) groups excluding carboxylic acids is 1. The topological polar surface area (TPSA) is 38.3 Å². The van der Waals surface area contributed by atoms with Crippen molar-refractivity contribution in [1.82, 2.24) is 5.32 Å². The zero-order valence-corrected chi connectivity index (χ0v) is 13.6. The van der Waals surface area contributed by atoms with Gasteiger partial charge in [0.25, 0.3) is 0 Å². The summed E-state index contributed by atoms with van der Waals surface area (Å²) >= 11 is 0. The fourth-order valence-corrected chi connectivity index (χ4v) is 3.06. The fourth-order valence-electron chi connectivity index (χ4n) is 3.06. The highest BCUT2D eigenvalue weighted by Crippen LogP contribution is 2.42. The monoisotopic (exact) mass is 282 g/mol. The minimum Gasteiger partial charge on any atom is -0.444 e. The Morgan fingerprint density at radius 2 is 1.85 bits per heavy atom. The first-order chi connectivity index (χ1) is 9.37. The predicted molar refractivity (Wildman–Crippen MR) is 83.6 cm³/mol. The number of hydrogen-bond donors (Lipinski definition) is 1. The molecule has 1 radical (unpaired) electrons. The van der Waals surface area contributed by atoms with Gasteiger partial charge in [0.2, 0.25) is 0 Å². The van der Waals surface area contributed by atoms with Gasteiger partial charge < -0.3 is 10.1 Å². The molecule has 1 aliphatic carbocycles. The summed E-state index contributed by atoms with van der Waals surface area (Å²) in [7, 11) is 0. The van der Waals surface area contributed by atoms with Gasteiger partial charge in [-0.2, -0.15) is 0 Å². The Morgan fingerprint density at radius 1 is 1.20 bits per heavy atom. The Hall–Kier alpha value is -0.730. The van der Waals surface area contributed by atoms with E-state index in [2.05, 4.69) is 12.2 Å². The molecule has 20 heavy (non-hydrogen) atoms. The Bertz CT molecular complexity index is 288. The van der Waals surface area contributed by atoms with Crippen LogP contribution in [-0.2, 0) is 4.74 Å². The number of amides is 1. The maximum Gasteiger partial charge on any atom is 0.407 e. The van der Waals surface area contributed by atoms with Crippen molar-refractivity contribution in [3.05, 3.63) is 6.92 Å². The molecule has 1 saturated carbocycles. The molecule has 0 aromatic rings. The van der Waals surface area contributed by atoms with Crippen molar-refractivity contribution in [2.24, 2.45) is 5.41 Å². The van der Waals surface area contributed by atoms with Gasteiger partial charge in [0, 0.05) is 6.54 Å². The van der Waals surface area contributed by atoms with E-state index >= 15 is 0 Å². The number of rotatable bonds is 6. The van der Waals surface area contributed by atoms with Crippen molar-refractivity contribution in [2.75, 3.05) is 6.54 Å². The van der Waals surface area contributed by atoms with Gasteiger partial charge in [-0.3, -0.25) is 0 Å². The summed E-state index contributed by atoms with van der Waals surface area (Å²) in [4.78, 5) is 11.5. The van der Waals surface area contributed by atoms with Gasteiger partial charge in [0.05, 0.1) is 0 Å². The standard InChI is InChI=1S/C17H32NO2/c1-5-17(11-7-6-8-12-17)13-9-10-14-18-15(19)20-16(2,3)4/h1,5-14H2,2-4H3,(H,18,19). The lowest BCUT2D eigenvalue weighted by atomic mass is 9.69. The van der Waals surface area contributed by atoms with Crippen LogP contribution in [0.1, 0.15) is 78.6 Å². The minimum absolute atomic E-state index is 0.304. The summed E-state index contributed by atoms with van der Waals surface area (Å²) in [6, 6.07) is 0. The molecule has 3 heteroatoms. The summed E-state index contributed by atoms with van der Waals surface area (Å²) in [5.74, 6) is 0. The van der Waals surface area contributed by atoms with Crippen molar-refractivity contribution in [3.8, 4) is 0 Å². The predicted octanol–water partition coefficient (Wildman–Crippen LogP) is 4.86. The quantitative estimate of drug-likeness (QED) is 0.707. The van der Waals surface area contributed by atoms with Crippen LogP contribution in [0.3, 0.4) is 0 Å². The van der Waals surface area contributed by atoms with Gasteiger partial charge in [-0.25, -0.2) is 4.79 Å². The van der Waals surface area contributed by atoms with E-state index in [9.17, 15) is 4.79 Å². The number of unbranched alkanes of at least 4 members (excludes halogenated alkanes) is 1. The highest BCUT2D eigenvalue weighted by molar-refractivity contribution is 5.67. The normalized spacial score (nSPS) is 18.6. The second kappa shape index (κ2) is 7.90. The van der Waals surface area contributed by atoms with Gasteiger partial charge in [-0.05, 0) is 58.3 Å². The molecular weight excluding hydrogens is 250 g/mol. The van der Waals surface area contributed by atoms with Crippen LogP contribution < -0.4 is 5.32 Å². The Labute approximate surface area is 124 Å². The summed E-state index contributed by atoms with van der Waals surface area (Å²) in [5.41, 5.74) is 0.0777. The average molecular weight is 282 g/mol. The lowest BCUT2D eigenvalue weighted by Crippen LogP contribution is -2.33. The summed E-state index contributed by atoms with van der Waals surface area (Å²) < 4.78 is 5.22. The SMILES string of the molecule is [CH2]CC1(CCCCNC(=O)OC(C)(C)C)CCCCC1. The van der Waals surface area contributed by atoms with Crippen LogP contribution in [0.2, 0.25) is 0 Å². The molecule has 1 rings (SSSR count). The summed E-state index contributed by atoms with van der Waals surface area (Å²) in [6.07, 6.45) is 11.0. The number of hydrogen-bond acceptors (Lipinski definition) is 2. The van der Waals surface area contributed by atoms with Crippen LogP contribution in [0.15, 0.2) is 0 Å². The third-order valence-corrected chi connectivity index (χ3v) is 4.25. The van der Waals surface area contributed by atoms with E-state index in [-0.39, 0.29) is 6.09 Å². The van der Waals surface area contributed by atoms with Gasteiger partial charge in [0.1, 0.15) is 5.60 Å². The van der Waals surface area contributed by atoms with E-state index in [0.717, 1.165) is 12.8 Å². The molecule has 0 aromatic carbocycles. The number of carbonyl (C=O) groups is 1. The summed E-state index contributed by atoms with van der Waals surface area (Å²) in [5, 5.41) is 2.83. The molecule has 0 aromatic heterocycles. The zero-order chi connectivity index (χ0) is 15.1. The lowest BCUT2D eigenvalue weighted by molar-refractivity contribution is 0.0526. The van der Waals surface area contributed by atoms with Crippen LogP contribution in [0, 0.1) is 12.3 Å². The smallest absolute Gasteiger partial charge is 0.407 e. The molecule has 3 nitrogen and oxygen atoms in total. The van der Waals surface area contributed by atoms with Crippen molar-refractivity contribution in [1.29, 1.82) is 0 Å². The Kier molecular flexibility index (Phi) is 6.84. The van der Waals surface area contributed by atoms with Crippen molar-refractivity contribution in [3.63, 3.8) is 0 Å². The fraction of sp³-hybridized carbons (Fsp3) is 0.882. The number of nitrogens with one attached hydrogen (secondary N) is 1. The Morgan fingerprint density at radius 3 is 2.40 bits per heavy atom. The maximum atomic E-state index is 11.5. The van der Waals surface area contributed by atoms with E-state index in [0.29, 0.717) is 12.0 Å². The van der Waals surface area contributed by atoms with E-state index in [1.54, 1.807) is 0 Å². The molecule has 0 saturated heterocycles. The Balaban J connectivity index is 2.13. The van der Waals surface area contributed by atoms with Gasteiger partial charge in [0.15, 0.2) is 0 Å². The van der Waals surface area contributed by atoms with E-state index in [1.807, 2.05) is 20.8 Å². The molecule has 1 N–H and O–H groups in total. The first-order valence-electron chi connectivity index (χ1n) is 8.13. The highest BCUT2D eigenvalue weighted by Gasteiger charge is 2.29. The molecular formula is C17H32NO2. The number of ether oxygens (including phenoxy) is 1. The van der Waals surface area contributed by atoms with Crippen molar-refractivity contribution < 1.29 is 9.53 Å². The van der Waals surface area contributed by atoms with Crippen LogP contribution in [0.4, 0.5) is 4.79 Å². The minimum atomic E-state index is -0.413. The molecule has 1 fully saturated rings. The molecule has 0 bridgehead atoms.